The minimum atomic E-state index is -4.51. The maximum Gasteiger partial charge on any atom is 0.417 e. The molecular weight excluding hydrogens is 307 g/mol. The number of alkyl halides is 3. The minimum absolute atomic E-state index is 0.274. The van der Waals surface area contributed by atoms with Crippen molar-refractivity contribution in [1.29, 1.82) is 0 Å². The maximum absolute atomic E-state index is 12.8. The first-order valence-corrected chi connectivity index (χ1v) is 8.32. The second kappa shape index (κ2) is 6.76. The molecule has 1 aliphatic rings. The standard InChI is InChI=1S/C13H14F3NOS2/c14-13(15,16)11-4-2-1-3-10(11)12(18)17-7-9-8-19-5-6-20-9/h1-4,9H,5-8H2,(H,17,18)/t9-/m0/s1. The lowest BCUT2D eigenvalue weighted by Gasteiger charge is -2.21. The van der Waals surface area contributed by atoms with Crippen LogP contribution in [0.5, 0.6) is 0 Å². The number of carbonyl (C=O) groups excluding carboxylic acids is 1. The fourth-order valence-corrected chi connectivity index (χ4v) is 4.50. The van der Waals surface area contributed by atoms with Crippen LogP contribution in [0.4, 0.5) is 13.2 Å². The third-order valence-electron chi connectivity index (χ3n) is 2.85. The van der Waals surface area contributed by atoms with Gasteiger partial charge in [-0.15, -0.1) is 0 Å². The molecule has 7 heteroatoms. The molecule has 0 aliphatic carbocycles. The van der Waals surface area contributed by atoms with Crippen molar-refractivity contribution in [2.24, 2.45) is 0 Å². The summed E-state index contributed by atoms with van der Waals surface area (Å²) in [7, 11) is 0. The molecule has 2 nitrogen and oxygen atoms in total. The number of nitrogens with one attached hydrogen (secondary N) is 1. The van der Waals surface area contributed by atoms with E-state index in [1.165, 1.54) is 18.2 Å². The van der Waals surface area contributed by atoms with Crippen molar-refractivity contribution in [3.8, 4) is 0 Å². The fourth-order valence-electron chi connectivity index (χ4n) is 1.88. The number of hydrogen-bond acceptors (Lipinski definition) is 3. The summed E-state index contributed by atoms with van der Waals surface area (Å²) in [5.41, 5.74) is -1.20. The number of thioether (sulfide) groups is 2. The number of benzene rings is 1. The number of hydrogen-bond donors (Lipinski definition) is 1. The molecular formula is C13H14F3NOS2. The topological polar surface area (TPSA) is 29.1 Å². The van der Waals surface area contributed by atoms with E-state index in [0.29, 0.717) is 6.54 Å². The quantitative estimate of drug-likeness (QED) is 0.926. The van der Waals surface area contributed by atoms with Crippen molar-refractivity contribution >= 4 is 29.4 Å². The predicted octanol–water partition coefficient (Wildman–Crippen LogP) is 3.28. The van der Waals surface area contributed by atoms with E-state index in [1.54, 1.807) is 23.5 Å². The van der Waals surface area contributed by atoms with Crippen molar-refractivity contribution in [2.45, 2.75) is 11.4 Å². The second-order valence-corrected chi connectivity index (χ2v) is 6.88. The number of rotatable bonds is 3. The Morgan fingerprint density at radius 1 is 1.30 bits per heavy atom. The molecule has 2 rings (SSSR count). The first-order chi connectivity index (χ1) is 9.48. The molecule has 1 aromatic rings. The van der Waals surface area contributed by atoms with Crippen LogP contribution in [0.15, 0.2) is 24.3 Å². The fraction of sp³-hybridized carbons (Fsp3) is 0.462. The Labute approximate surface area is 123 Å². The largest absolute Gasteiger partial charge is 0.417 e. The third kappa shape index (κ3) is 4.09. The SMILES string of the molecule is O=C(NC[C@H]1CSCCS1)c1ccccc1C(F)(F)F. The van der Waals surface area contributed by atoms with Crippen molar-refractivity contribution in [2.75, 3.05) is 23.8 Å². The summed E-state index contributed by atoms with van der Waals surface area (Å²) in [5, 5.41) is 2.88. The Kier molecular flexibility index (Phi) is 5.26. The molecule has 0 spiro atoms. The zero-order valence-corrected chi connectivity index (χ0v) is 12.2. The van der Waals surface area contributed by atoms with E-state index >= 15 is 0 Å². The highest BCUT2D eigenvalue weighted by Gasteiger charge is 2.34. The average molecular weight is 321 g/mol. The molecule has 0 saturated carbocycles. The van der Waals surface area contributed by atoms with Crippen molar-refractivity contribution in [3.05, 3.63) is 35.4 Å². The summed E-state index contributed by atoms with van der Waals surface area (Å²) in [4.78, 5) is 11.9. The van der Waals surface area contributed by atoms with E-state index in [4.69, 9.17) is 0 Å². The van der Waals surface area contributed by atoms with Gasteiger partial charge in [0, 0.05) is 29.1 Å². The van der Waals surface area contributed by atoms with Gasteiger partial charge in [-0.2, -0.15) is 36.7 Å². The Hall–Kier alpha value is -0.820. The molecule has 1 atom stereocenters. The van der Waals surface area contributed by atoms with Gasteiger partial charge < -0.3 is 5.32 Å². The molecule has 1 saturated heterocycles. The molecule has 1 fully saturated rings. The van der Waals surface area contributed by atoms with Crippen LogP contribution < -0.4 is 5.32 Å². The van der Waals surface area contributed by atoms with Crippen LogP contribution in [0, 0.1) is 0 Å². The van der Waals surface area contributed by atoms with Gasteiger partial charge in [0.25, 0.3) is 5.91 Å². The summed E-state index contributed by atoms with van der Waals surface area (Å²) >= 11 is 3.56. The second-order valence-electron chi connectivity index (χ2n) is 4.32. The van der Waals surface area contributed by atoms with Crippen LogP contribution in [0.2, 0.25) is 0 Å². The monoisotopic (exact) mass is 321 g/mol. The van der Waals surface area contributed by atoms with E-state index in [9.17, 15) is 18.0 Å². The molecule has 20 heavy (non-hydrogen) atoms. The van der Waals surface area contributed by atoms with Gasteiger partial charge in [-0.05, 0) is 12.1 Å². The summed E-state index contributed by atoms with van der Waals surface area (Å²) in [6, 6.07) is 4.86. The number of halogens is 3. The van der Waals surface area contributed by atoms with E-state index in [-0.39, 0.29) is 10.8 Å². The summed E-state index contributed by atoms with van der Waals surface area (Å²) in [6.45, 7) is 0.405. The van der Waals surface area contributed by atoms with Gasteiger partial charge in [0.05, 0.1) is 11.1 Å². The van der Waals surface area contributed by atoms with Crippen LogP contribution in [-0.2, 0) is 6.18 Å². The van der Waals surface area contributed by atoms with Gasteiger partial charge >= 0.3 is 6.18 Å². The van der Waals surface area contributed by atoms with E-state index < -0.39 is 17.6 Å². The Morgan fingerprint density at radius 2 is 2.05 bits per heavy atom. The number of carbonyl (C=O) groups is 1. The van der Waals surface area contributed by atoms with Gasteiger partial charge in [-0.25, -0.2) is 0 Å². The molecule has 0 bridgehead atoms. The van der Waals surface area contributed by atoms with Crippen molar-refractivity contribution < 1.29 is 18.0 Å². The zero-order chi connectivity index (χ0) is 14.6. The average Bonchev–Trinajstić information content (AvgIpc) is 2.45. The van der Waals surface area contributed by atoms with E-state index in [2.05, 4.69) is 5.32 Å². The zero-order valence-electron chi connectivity index (χ0n) is 10.6. The molecule has 1 heterocycles. The molecule has 0 aromatic heterocycles. The molecule has 1 aromatic carbocycles. The first-order valence-electron chi connectivity index (χ1n) is 6.12. The molecule has 0 unspecified atom stereocenters. The highest BCUT2D eigenvalue weighted by Crippen LogP contribution is 2.31. The van der Waals surface area contributed by atoms with E-state index in [0.717, 1.165) is 23.3 Å². The summed E-state index contributed by atoms with van der Waals surface area (Å²) < 4.78 is 38.4. The summed E-state index contributed by atoms with van der Waals surface area (Å²) in [5.74, 6) is 2.37. The summed E-state index contributed by atoms with van der Waals surface area (Å²) in [6.07, 6.45) is -4.51. The Balaban J connectivity index is 2.02. The van der Waals surface area contributed by atoms with Crippen LogP contribution in [0.1, 0.15) is 15.9 Å². The molecule has 0 radical (unpaired) electrons. The highest BCUT2D eigenvalue weighted by atomic mass is 32.2. The van der Waals surface area contributed by atoms with Gasteiger partial charge in [0.1, 0.15) is 0 Å². The van der Waals surface area contributed by atoms with Gasteiger partial charge in [0.15, 0.2) is 0 Å². The van der Waals surface area contributed by atoms with Gasteiger partial charge in [-0.1, -0.05) is 12.1 Å². The van der Waals surface area contributed by atoms with Crippen LogP contribution in [0.25, 0.3) is 0 Å². The molecule has 1 N–H and O–H groups in total. The van der Waals surface area contributed by atoms with E-state index in [1.807, 2.05) is 0 Å². The highest BCUT2D eigenvalue weighted by molar-refractivity contribution is 8.06. The third-order valence-corrected chi connectivity index (χ3v) is 5.70. The molecule has 1 aliphatic heterocycles. The lowest BCUT2D eigenvalue weighted by atomic mass is 10.1. The molecule has 110 valence electrons. The van der Waals surface area contributed by atoms with Crippen molar-refractivity contribution in [3.63, 3.8) is 0 Å². The van der Waals surface area contributed by atoms with Crippen molar-refractivity contribution in [1.82, 2.24) is 5.32 Å². The smallest absolute Gasteiger partial charge is 0.351 e. The lowest BCUT2D eigenvalue weighted by Crippen LogP contribution is -2.34. The van der Waals surface area contributed by atoms with Crippen LogP contribution in [-0.4, -0.2) is 35.0 Å². The van der Waals surface area contributed by atoms with Crippen LogP contribution >= 0.6 is 23.5 Å². The Morgan fingerprint density at radius 3 is 2.70 bits per heavy atom. The number of amides is 1. The Bertz CT molecular complexity index is 473. The lowest BCUT2D eigenvalue weighted by molar-refractivity contribution is -0.137. The minimum Gasteiger partial charge on any atom is -0.351 e. The van der Waals surface area contributed by atoms with Gasteiger partial charge in [0.2, 0.25) is 0 Å². The normalized spacial score (nSPS) is 19.6. The first kappa shape index (κ1) is 15.6. The van der Waals surface area contributed by atoms with Crippen LogP contribution in [0.3, 0.4) is 0 Å². The maximum atomic E-state index is 12.8. The van der Waals surface area contributed by atoms with Gasteiger partial charge in [-0.3, -0.25) is 4.79 Å². The molecule has 1 amide bonds. The predicted molar refractivity (Wildman–Crippen MR) is 77.3 cm³/mol.